The Morgan fingerprint density at radius 1 is 1.53 bits per heavy atom. The molecule has 2 rings (SSSR count). The number of hydrogen-bond acceptors (Lipinski definition) is 3. The Hall–Kier alpha value is -1.16. The SMILES string of the molecule is CC1CC(Nc2ccc(F)nc2)CCO1. The molecule has 4 heteroatoms. The molecule has 0 aliphatic carbocycles. The minimum atomic E-state index is -0.444. The zero-order valence-corrected chi connectivity index (χ0v) is 8.74. The highest BCUT2D eigenvalue weighted by atomic mass is 19.1. The molecule has 0 aromatic carbocycles. The van der Waals surface area contributed by atoms with E-state index in [4.69, 9.17) is 4.74 Å². The predicted octanol–water partition coefficient (Wildman–Crippen LogP) is 2.20. The van der Waals surface area contributed by atoms with Crippen LogP contribution in [0.1, 0.15) is 19.8 Å². The third-order valence-corrected chi connectivity index (χ3v) is 2.58. The van der Waals surface area contributed by atoms with Gasteiger partial charge in [-0.3, -0.25) is 0 Å². The van der Waals surface area contributed by atoms with Gasteiger partial charge in [-0.25, -0.2) is 4.98 Å². The van der Waals surface area contributed by atoms with Crippen molar-refractivity contribution in [2.75, 3.05) is 11.9 Å². The number of aromatic nitrogens is 1. The molecular weight excluding hydrogens is 195 g/mol. The van der Waals surface area contributed by atoms with Gasteiger partial charge in [-0.15, -0.1) is 0 Å². The zero-order chi connectivity index (χ0) is 10.7. The van der Waals surface area contributed by atoms with Crippen LogP contribution in [0.15, 0.2) is 18.3 Å². The summed E-state index contributed by atoms with van der Waals surface area (Å²) < 4.78 is 18.0. The average Bonchev–Trinajstić information content (AvgIpc) is 2.22. The van der Waals surface area contributed by atoms with E-state index in [1.165, 1.54) is 12.3 Å². The van der Waals surface area contributed by atoms with Crippen molar-refractivity contribution in [3.8, 4) is 0 Å². The molecule has 1 aliphatic rings. The first-order chi connectivity index (χ1) is 7.24. The van der Waals surface area contributed by atoms with Crippen LogP contribution in [0.5, 0.6) is 0 Å². The second kappa shape index (κ2) is 4.57. The number of pyridine rings is 1. The van der Waals surface area contributed by atoms with Crippen molar-refractivity contribution in [1.29, 1.82) is 0 Å². The maximum Gasteiger partial charge on any atom is 0.212 e. The molecule has 2 unspecified atom stereocenters. The lowest BCUT2D eigenvalue weighted by Gasteiger charge is -2.28. The Bertz CT molecular complexity index is 315. The number of anilines is 1. The summed E-state index contributed by atoms with van der Waals surface area (Å²) in [4.78, 5) is 3.60. The molecule has 1 aliphatic heterocycles. The summed E-state index contributed by atoms with van der Waals surface area (Å²) in [6, 6.07) is 3.48. The third kappa shape index (κ3) is 2.89. The molecule has 2 heterocycles. The van der Waals surface area contributed by atoms with E-state index in [1.54, 1.807) is 6.07 Å². The molecule has 3 nitrogen and oxygen atoms in total. The van der Waals surface area contributed by atoms with Gasteiger partial charge < -0.3 is 10.1 Å². The number of hydrogen-bond donors (Lipinski definition) is 1. The molecule has 15 heavy (non-hydrogen) atoms. The summed E-state index contributed by atoms with van der Waals surface area (Å²) in [6.45, 7) is 2.85. The molecule has 1 fully saturated rings. The Morgan fingerprint density at radius 2 is 2.40 bits per heavy atom. The van der Waals surface area contributed by atoms with Crippen molar-refractivity contribution in [1.82, 2.24) is 4.98 Å². The van der Waals surface area contributed by atoms with Crippen LogP contribution in [0.3, 0.4) is 0 Å². The fraction of sp³-hybridized carbons (Fsp3) is 0.545. The van der Waals surface area contributed by atoms with Crippen LogP contribution < -0.4 is 5.32 Å². The van der Waals surface area contributed by atoms with E-state index in [0.29, 0.717) is 12.1 Å². The van der Waals surface area contributed by atoms with Crippen molar-refractivity contribution >= 4 is 5.69 Å². The first-order valence-electron chi connectivity index (χ1n) is 5.24. The molecule has 82 valence electrons. The lowest BCUT2D eigenvalue weighted by molar-refractivity contribution is 0.0232. The van der Waals surface area contributed by atoms with Gasteiger partial charge in [0.25, 0.3) is 0 Å². The van der Waals surface area contributed by atoms with Crippen molar-refractivity contribution in [2.24, 2.45) is 0 Å². The third-order valence-electron chi connectivity index (χ3n) is 2.58. The smallest absolute Gasteiger partial charge is 0.212 e. The molecule has 1 aromatic rings. The number of ether oxygens (including phenoxy) is 1. The minimum Gasteiger partial charge on any atom is -0.381 e. The van der Waals surface area contributed by atoms with Crippen LogP contribution in [0, 0.1) is 5.95 Å². The fourth-order valence-corrected chi connectivity index (χ4v) is 1.83. The first kappa shape index (κ1) is 10.4. The second-order valence-corrected chi connectivity index (χ2v) is 3.92. The van der Waals surface area contributed by atoms with Crippen LogP contribution in [0.4, 0.5) is 10.1 Å². The monoisotopic (exact) mass is 210 g/mol. The number of halogens is 1. The molecule has 0 bridgehead atoms. The quantitative estimate of drug-likeness (QED) is 0.760. The van der Waals surface area contributed by atoms with Crippen LogP contribution in [0.2, 0.25) is 0 Å². The Labute approximate surface area is 88.7 Å². The first-order valence-corrected chi connectivity index (χ1v) is 5.24. The average molecular weight is 210 g/mol. The van der Waals surface area contributed by atoms with Gasteiger partial charge >= 0.3 is 0 Å². The van der Waals surface area contributed by atoms with E-state index >= 15 is 0 Å². The second-order valence-electron chi connectivity index (χ2n) is 3.92. The summed E-state index contributed by atoms with van der Waals surface area (Å²) in [5, 5.41) is 3.33. The highest BCUT2D eigenvalue weighted by Crippen LogP contribution is 2.17. The van der Waals surface area contributed by atoms with Crippen molar-refractivity contribution in [3.05, 3.63) is 24.3 Å². The summed E-state index contributed by atoms with van der Waals surface area (Å²) >= 11 is 0. The van der Waals surface area contributed by atoms with Gasteiger partial charge in [-0.1, -0.05) is 0 Å². The summed E-state index contributed by atoms with van der Waals surface area (Å²) in [7, 11) is 0. The number of rotatable bonds is 2. The van der Waals surface area contributed by atoms with Gasteiger partial charge in [0, 0.05) is 12.6 Å². The lowest BCUT2D eigenvalue weighted by atomic mass is 10.0. The van der Waals surface area contributed by atoms with E-state index < -0.39 is 5.95 Å². The van der Waals surface area contributed by atoms with Gasteiger partial charge in [-0.2, -0.15) is 4.39 Å². The summed E-state index contributed by atoms with van der Waals surface area (Å²) in [5.74, 6) is -0.444. The molecule has 0 amide bonds. The van der Waals surface area contributed by atoms with Gasteiger partial charge in [0.2, 0.25) is 5.95 Å². The molecule has 2 atom stereocenters. The van der Waals surface area contributed by atoms with Gasteiger partial charge in [-0.05, 0) is 31.9 Å². The largest absolute Gasteiger partial charge is 0.381 e. The molecule has 1 N–H and O–H groups in total. The predicted molar refractivity (Wildman–Crippen MR) is 56.3 cm³/mol. The van der Waals surface area contributed by atoms with Gasteiger partial charge in [0.15, 0.2) is 0 Å². The zero-order valence-electron chi connectivity index (χ0n) is 8.74. The maximum absolute atomic E-state index is 12.6. The van der Waals surface area contributed by atoms with E-state index in [-0.39, 0.29) is 0 Å². The van der Waals surface area contributed by atoms with E-state index in [9.17, 15) is 4.39 Å². The van der Waals surface area contributed by atoms with E-state index in [1.807, 2.05) is 0 Å². The van der Waals surface area contributed by atoms with Crippen molar-refractivity contribution in [2.45, 2.75) is 31.9 Å². The van der Waals surface area contributed by atoms with E-state index in [0.717, 1.165) is 25.1 Å². The molecule has 1 saturated heterocycles. The topological polar surface area (TPSA) is 34.2 Å². The lowest BCUT2D eigenvalue weighted by Crippen LogP contribution is -2.32. The van der Waals surface area contributed by atoms with Gasteiger partial charge in [0.05, 0.1) is 18.0 Å². The fourth-order valence-electron chi connectivity index (χ4n) is 1.83. The number of nitrogens with one attached hydrogen (secondary N) is 1. The maximum atomic E-state index is 12.6. The standard InChI is InChI=1S/C11H15FN2O/c1-8-6-9(4-5-15-8)14-10-2-3-11(12)13-7-10/h2-3,7-9,14H,4-6H2,1H3. The number of nitrogens with zero attached hydrogens (tertiary/aromatic N) is 1. The minimum absolute atomic E-state index is 0.296. The van der Waals surface area contributed by atoms with Gasteiger partial charge in [0.1, 0.15) is 0 Å². The van der Waals surface area contributed by atoms with E-state index in [2.05, 4.69) is 17.2 Å². The molecule has 0 spiro atoms. The Morgan fingerprint density at radius 3 is 3.07 bits per heavy atom. The van der Waals surface area contributed by atoms with Crippen LogP contribution >= 0.6 is 0 Å². The van der Waals surface area contributed by atoms with Crippen LogP contribution in [0.25, 0.3) is 0 Å². The Kier molecular flexibility index (Phi) is 3.16. The molecule has 0 radical (unpaired) electrons. The normalized spacial score (nSPS) is 26.3. The highest BCUT2D eigenvalue weighted by molar-refractivity contribution is 5.41. The van der Waals surface area contributed by atoms with Crippen LogP contribution in [-0.4, -0.2) is 23.7 Å². The molecule has 0 saturated carbocycles. The molecule has 1 aromatic heterocycles. The summed E-state index contributed by atoms with van der Waals surface area (Å²) in [6.07, 6.45) is 3.79. The van der Waals surface area contributed by atoms with Crippen molar-refractivity contribution in [3.63, 3.8) is 0 Å². The Balaban J connectivity index is 1.93. The highest BCUT2D eigenvalue weighted by Gasteiger charge is 2.18. The van der Waals surface area contributed by atoms with Crippen molar-refractivity contribution < 1.29 is 9.13 Å². The van der Waals surface area contributed by atoms with Crippen LogP contribution in [-0.2, 0) is 4.74 Å². The summed E-state index contributed by atoms with van der Waals surface area (Å²) in [5.41, 5.74) is 0.871. The molecular formula is C11H15FN2O.